The van der Waals surface area contributed by atoms with Crippen LogP contribution < -0.4 is 5.32 Å². The molecule has 2 nitrogen and oxygen atoms in total. The molecule has 0 aromatic carbocycles. The van der Waals surface area contributed by atoms with Crippen LogP contribution in [-0.2, 0) is 4.79 Å². The highest BCUT2D eigenvalue weighted by atomic mass is 127. The van der Waals surface area contributed by atoms with Crippen LogP contribution in [0.3, 0.4) is 0 Å². The Morgan fingerprint density at radius 2 is 2.12 bits per heavy atom. The topological polar surface area (TPSA) is 29.1 Å². The highest BCUT2D eigenvalue weighted by Crippen LogP contribution is 2.48. The van der Waals surface area contributed by atoms with Crippen LogP contribution in [0.2, 0.25) is 0 Å². The number of alkyl halides is 1. The Balaban J connectivity index is 1.88. The van der Waals surface area contributed by atoms with E-state index in [9.17, 15) is 4.79 Å². The van der Waals surface area contributed by atoms with E-state index in [0.29, 0.717) is 29.7 Å². The third kappa shape index (κ3) is 2.54. The lowest BCUT2D eigenvalue weighted by Gasteiger charge is -2.26. The summed E-state index contributed by atoms with van der Waals surface area (Å²) in [4.78, 5) is 12.2. The zero-order valence-corrected chi connectivity index (χ0v) is 12.4. The van der Waals surface area contributed by atoms with Crippen LogP contribution in [0.25, 0.3) is 0 Å². The van der Waals surface area contributed by atoms with E-state index >= 15 is 0 Å². The first-order valence-corrected chi connectivity index (χ1v) is 8.00. The van der Waals surface area contributed by atoms with E-state index in [1.807, 2.05) is 0 Å². The molecule has 16 heavy (non-hydrogen) atoms. The van der Waals surface area contributed by atoms with E-state index in [1.165, 1.54) is 19.3 Å². The number of hydrogen-bond acceptors (Lipinski definition) is 1. The van der Waals surface area contributed by atoms with E-state index in [2.05, 4.69) is 41.8 Å². The molecule has 1 N–H and O–H groups in total. The summed E-state index contributed by atoms with van der Waals surface area (Å²) >= 11 is 2.37. The summed E-state index contributed by atoms with van der Waals surface area (Å²) in [5.74, 6) is 2.77. The van der Waals surface area contributed by atoms with Crippen molar-refractivity contribution < 1.29 is 4.79 Å². The van der Waals surface area contributed by atoms with Gasteiger partial charge < -0.3 is 5.32 Å². The van der Waals surface area contributed by atoms with Gasteiger partial charge in [0.15, 0.2) is 0 Å². The molecule has 92 valence electrons. The maximum atomic E-state index is 12.2. The Bertz CT molecular complexity index is 267. The summed E-state index contributed by atoms with van der Waals surface area (Å²) in [6, 6.07) is 0.354. The molecule has 1 amide bonds. The van der Waals surface area contributed by atoms with Gasteiger partial charge in [0.2, 0.25) is 5.91 Å². The van der Waals surface area contributed by atoms with Crippen molar-refractivity contribution in [3.05, 3.63) is 0 Å². The van der Waals surface area contributed by atoms with Crippen molar-refractivity contribution in [3.8, 4) is 0 Å². The van der Waals surface area contributed by atoms with E-state index in [1.54, 1.807) is 0 Å². The second-order valence-corrected chi connectivity index (χ2v) is 6.68. The number of carbonyl (C=O) groups is 1. The van der Waals surface area contributed by atoms with Crippen molar-refractivity contribution in [1.29, 1.82) is 0 Å². The highest BCUT2D eigenvalue weighted by molar-refractivity contribution is 14.1. The Kier molecular flexibility index (Phi) is 4.14. The van der Waals surface area contributed by atoms with Crippen molar-refractivity contribution in [2.45, 2.75) is 45.6 Å². The molecule has 0 radical (unpaired) electrons. The largest absolute Gasteiger partial charge is 0.352 e. The van der Waals surface area contributed by atoms with Crippen LogP contribution in [0.4, 0.5) is 0 Å². The van der Waals surface area contributed by atoms with Gasteiger partial charge in [-0.05, 0) is 37.0 Å². The van der Waals surface area contributed by atoms with E-state index in [-0.39, 0.29) is 0 Å². The zero-order valence-electron chi connectivity index (χ0n) is 10.2. The van der Waals surface area contributed by atoms with Crippen molar-refractivity contribution >= 4 is 28.5 Å². The van der Waals surface area contributed by atoms with Crippen LogP contribution in [0.1, 0.15) is 39.5 Å². The standard InChI is InChI=1S/C13H22INO/c1-8(2)12(7-14)15-13(16)11-6-9-3-4-10(11)5-9/h8-12H,3-7H2,1-2H3,(H,15,16). The molecule has 2 saturated carbocycles. The van der Waals surface area contributed by atoms with Gasteiger partial charge in [0.05, 0.1) is 0 Å². The predicted molar refractivity (Wildman–Crippen MR) is 74.6 cm³/mol. The summed E-state index contributed by atoms with van der Waals surface area (Å²) in [5.41, 5.74) is 0. The van der Waals surface area contributed by atoms with Crippen molar-refractivity contribution in [3.63, 3.8) is 0 Å². The summed E-state index contributed by atoms with van der Waals surface area (Å²) < 4.78 is 1.02. The average molecular weight is 335 g/mol. The molecule has 0 aliphatic heterocycles. The van der Waals surface area contributed by atoms with Gasteiger partial charge in [-0.15, -0.1) is 0 Å². The van der Waals surface area contributed by atoms with Crippen molar-refractivity contribution in [2.75, 3.05) is 4.43 Å². The minimum atomic E-state index is 0.336. The maximum absolute atomic E-state index is 12.2. The van der Waals surface area contributed by atoms with Crippen LogP contribution in [0, 0.1) is 23.7 Å². The number of fused-ring (bicyclic) bond motifs is 2. The molecule has 4 atom stereocenters. The lowest BCUT2D eigenvalue weighted by atomic mass is 9.88. The SMILES string of the molecule is CC(C)C(CI)NC(=O)C1CC2CCC1C2. The van der Waals surface area contributed by atoms with Gasteiger partial charge in [-0.1, -0.05) is 42.9 Å². The zero-order chi connectivity index (χ0) is 11.7. The van der Waals surface area contributed by atoms with Crippen LogP contribution in [0.5, 0.6) is 0 Å². The third-order valence-corrected chi connectivity index (χ3v) is 5.32. The molecular formula is C13H22INO. The van der Waals surface area contributed by atoms with E-state index in [0.717, 1.165) is 16.8 Å². The van der Waals surface area contributed by atoms with Gasteiger partial charge in [0, 0.05) is 16.4 Å². The Labute approximate surface area is 112 Å². The Morgan fingerprint density at radius 1 is 1.38 bits per heavy atom. The molecule has 3 heteroatoms. The van der Waals surface area contributed by atoms with Crippen LogP contribution in [-0.4, -0.2) is 16.4 Å². The number of carbonyl (C=O) groups excluding carboxylic acids is 1. The van der Waals surface area contributed by atoms with Crippen molar-refractivity contribution in [2.24, 2.45) is 23.7 Å². The first kappa shape index (κ1) is 12.7. The molecular weight excluding hydrogens is 313 g/mol. The molecule has 2 aliphatic carbocycles. The second kappa shape index (κ2) is 5.23. The van der Waals surface area contributed by atoms with E-state index < -0.39 is 0 Å². The number of rotatable bonds is 4. The second-order valence-electron chi connectivity index (χ2n) is 5.79. The minimum absolute atomic E-state index is 0.336. The van der Waals surface area contributed by atoms with Crippen LogP contribution in [0.15, 0.2) is 0 Å². The van der Waals surface area contributed by atoms with Crippen LogP contribution >= 0.6 is 22.6 Å². The molecule has 0 heterocycles. The number of halogens is 1. The molecule has 2 fully saturated rings. The summed E-state index contributed by atoms with van der Waals surface area (Å²) in [6.45, 7) is 4.37. The first-order chi connectivity index (χ1) is 7.61. The lowest BCUT2D eigenvalue weighted by Crippen LogP contribution is -2.44. The van der Waals surface area contributed by atoms with Gasteiger partial charge >= 0.3 is 0 Å². The van der Waals surface area contributed by atoms with Gasteiger partial charge in [-0.25, -0.2) is 0 Å². The fraction of sp³-hybridized carbons (Fsp3) is 0.923. The predicted octanol–water partition coefficient (Wildman–Crippen LogP) is 3.00. The average Bonchev–Trinajstić information content (AvgIpc) is 2.86. The quantitative estimate of drug-likeness (QED) is 0.621. The molecule has 4 unspecified atom stereocenters. The Hall–Kier alpha value is 0.200. The van der Waals surface area contributed by atoms with Gasteiger partial charge in [-0.3, -0.25) is 4.79 Å². The summed E-state index contributed by atoms with van der Waals surface area (Å²) in [5, 5.41) is 3.25. The maximum Gasteiger partial charge on any atom is 0.223 e. The molecule has 2 aliphatic rings. The van der Waals surface area contributed by atoms with E-state index in [4.69, 9.17) is 0 Å². The highest BCUT2D eigenvalue weighted by Gasteiger charge is 2.43. The fourth-order valence-electron chi connectivity index (χ4n) is 3.24. The molecule has 2 rings (SSSR count). The molecule has 0 aromatic rings. The minimum Gasteiger partial charge on any atom is -0.352 e. The number of hydrogen-bond donors (Lipinski definition) is 1. The lowest BCUT2D eigenvalue weighted by molar-refractivity contribution is -0.127. The Morgan fingerprint density at radius 3 is 2.56 bits per heavy atom. The number of nitrogens with one attached hydrogen (secondary N) is 1. The van der Waals surface area contributed by atoms with Gasteiger partial charge in [0.1, 0.15) is 0 Å². The smallest absolute Gasteiger partial charge is 0.223 e. The third-order valence-electron chi connectivity index (χ3n) is 4.37. The van der Waals surface area contributed by atoms with Gasteiger partial charge in [0.25, 0.3) is 0 Å². The normalized spacial score (nSPS) is 34.4. The number of amides is 1. The molecule has 0 aromatic heterocycles. The fourth-order valence-corrected chi connectivity index (χ4v) is 4.48. The summed E-state index contributed by atoms with van der Waals surface area (Å²) in [7, 11) is 0. The summed E-state index contributed by atoms with van der Waals surface area (Å²) in [6.07, 6.45) is 5.13. The van der Waals surface area contributed by atoms with Gasteiger partial charge in [-0.2, -0.15) is 0 Å². The van der Waals surface area contributed by atoms with Crippen molar-refractivity contribution in [1.82, 2.24) is 5.32 Å². The molecule has 0 spiro atoms. The monoisotopic (exact) mass is 335 g/mol. The molecule has 0 saturated heterocycles. The first-order valence-electron chi connectivity index (χ1n) is 6.48. The molecule has 2 bridgehead atoms.